The van der Waals surface area contributed by atoms with Crippen molar-refractivity contribution in [2.75, 3.05) is 30.0 Å². The number of hydrogen-bond acceptors (Lipinski definition) is 8. The highest BCUT2D eigenvalue weighted by molar-refractivity contribution is 8.39. The molecule has 1 aromatic rings. The molecule has 1 amide bonds. The van der Waals surface area contributed by atoms with Crippen molar-refractivity contribution in [1.82, 2.24) is 0 Å². The Morgan fingerprint density at radius 1 is 1.38 bits per heavy atom. The number of carbonyl (C=O) groups excluding carboxylic acids is 3. The van der Waals surface area contributed by atoms with Crippen LogP contribution < -0.4 is 5.32 Å². The lowest BCUT2D eigenvalue weighted by atomic mass is 10.1. The van der Waals surface area contributed by atoms with Gasteiger partial charge in [0.1, 0.15) is 15.7 Å². The molecule has 1 aliphatic heterocycles. The minimum Gasteiger partial charge on any atom is -0.462 e. The normalized spacial score (nSPS) is 13.5. The molecular weight excluding hydrogens is 352 g/mol. The van der Waals surface area contributed by atoms with Crippen LogP contribution in [0.25, 0.3) is 0 Å². The van der Waals surface area contributed by atoms with Crippen LogP contribution in [0.15, 0.2) is 9.41 Å². The molecule has 0 radical (unpaired) electrons. The molecule has 2 heterocycles. The fourth-order valence-corrected chi connectivity index (χ4v) is 3.96. The van der Waals surface area contributed by atoms with Crippen LogP contribution in [0, 0.1) is 6.92 Å². The summed E-state index contributed by atoms with van der Waals surface area (Å²) >= 11 is 2.94. The Labute approximate surface area is 148 Å². The zero-order valence-corrected chi connectivity index (χ0v) is 15.3. The predicted molar refractivity (Wildman–Crippen MR) is 95.3 cm³/mol. The molecule has 1 aromatic heterocycles. The van der Waals surface area contributed by atoms with E-state index in [1.807, 2.05) is 0 Å². The maximum Gasteiger partial charge on any atom is 0.344 e. The highest BCUT2D eigenvalue weighted by Gasteiger charge is 2.28. The Morgan fingerprint density at radius 2 is 2.12 bits per heavy atom. The Kier molecular flexibility index (Phi) is 6.50. The Balaban J connectivity index is 2.16. The van der Waals surface area contributed by atoms with Crippen molar-refractivity contribution < 1.29 is 23.5 Å². The van der Waals surface area contributed by atoms with Crippen molar-refractivity contribution in [3.63, 3.8) is 0 Å². The number of nitrogens with one attached hydrogen (secondary N) is 1. The van der Waals surface area contributed by atoms with E-state index >= 15 is 0 Å². The van der Waals surface area contributed by atoms with Gasteiger partial charge in [-0.1, -0.05) is 23.5 Å². The smallest absolute Gasteiger partial charge is 0.344 e. The monoisotopic (exact) mass is 370 g/mol. The lowest BCUT2D eigenvalue weighted by Crippen LogP contribution is -2.18. The first kappa shape index (κ1) is 18.6. The number of aryl methyl sites for hydroxylation is 1. The lowest BCUT2D eigenvalue weighted by Gasteiger charge is -2.06. The number of nitrogens with zero attached hydrogens (tertiary/aromatic N) is 1. The summed E-state index contributed by atoms with van der Waals surface area (Å²) in [5.41, 5.74) is 0.0971. The first-order chi connectivity index (χ1) is 11.4. The molecule has 1 aliphatic rings. The van der Waals surface area contributed by atoms with E-state index in [2.05, 4.69) is 10.3 Å². The van der Waals surface area contributed by atoms with Gasteiger partial charge in [0.2, 0.25) is 11.8 Å². The molecule has 7 nitrogen and oxygen atoms in total. The van der Waals surface area contributed by atoms with Crippen LogP contribution in [0.5, 0.6) is 0 Å². The molecule has 24 heavy (non-hydrogen) atoms. The van der Waals surface area contributed by atoms with Crippen molar-refractivity contribution >= 4 is 51.4 Å². The number of ether oxygens (including phenoxy) is 1. The van der Waals surface area contributed by atoms with Gasteiger partial charge in [0.05, 0.1) is 24.5 Å². The van der Waals surface area contributed by atoms with Crippen molar-refractivity contribution in [1.29, 1.82) is 0 Å². The molecule has 0 aromatic carbocycles. The predicted octanol–water partition coefficient (Wildman–Crippen LogP) is 2.74. The van der Waals surface area contributed by atoms with Crippen molar-refractivity contribution in [2.45, 2.75) is 20.8 Å². The van der Waals surface area contributed by atoms with Crippen molar-refractivity contribution in [3.05, 3.63) is 16.9 Å². The zero-order chi connectivity index (χ0) is 17.7. The van der Waals surface area contributed by atoms with Crippen LogP contribution in [-0.2, 0) is 9.53 Å². The lowest BCUT2D eigenvalue weighted by molar-refractivity contribution is -0.113. The van der Waals surface area contributed by atoms with E-state index in [9.17, 15) is 14.4 Å². The summed E-state index contributed by atoms with van der Waals surface area (Å²) in [5, 5.41) is 2.55. The van der Waals surface area contributed by atoms with Gasteiger partial charge in [0, 0.05) is 5.75 Å². The average molecular weight is 370 g/mol. The highest BCUT2D eigenvalue weighted by atomic mass is 32.2. The fourth-order valence-electron chi connectivity index (χ4n) is 2.15. The van der Waals surface area contributed by atoms with E-state index in [4.69, 9.17) is 9.15 Å². The standard InChI is InChI=1S/C15H18N2O5S2/c1-4-21-14(20)12-11(8(2)18)9(3)22-13(12)17-10(19)7-24-15-16-5-6-23-15/h4-7H2,1-3H3,(H,17,19). The maximum atomic E-state index is 12.1. The number of ketones is 1. The van der Waals surface area contributed by atoms with Gasteiger partial charge in [-0.05, 0) is 20.8 Å². The molecule has 9 heteroatoms. The molecule has 0 spiro atoms. The van der Waals surface area contributed by atoms with Crippen LogP contribution in [0.3, 0.4) is 0 Å². The largest absolute Gasteiger partial charge is 0.462 e. The molecule has 130 valence electrons. The van der Waals surface area contributed by atoms with Crippen molar-refractivity contribution in [2.24, 2.45) is 4.99 Å². The summed E-state index contributed by atoms with van der Waals surface area (Å²) < 4.78 is 11.3. The maximum absolute atomic E-state index is 12.1. The first-order valence-corrected chi connectivity index (χ1v) is 9.32. The summed E-state index contributed by atoms with van der Waals surface area (Å²) in [6.07, 6.45) is 0. The van der Waals surface area contributed by atoms with Crippen LogP contribution in [0.4, 0.5) is 5.88 Å². The molecule has 0 saturated carbocycles. The number of Topliss-reactive ketones (excluding diaryl/α,β-unsaturated/α-hetero) is 1. The Bertz CT molecular complexity index is 696. The van der Waals surface area contributed by atoms with Gasteiger partial charge in [-0.3, -0.25) is 19.9 Å². The van der Waals surface area contributed by atoms with Crippen LogP contribution in [0.2, 0.25) is 0 Å². The van der Waals surface area contributed by atoms with Crippen LogP contribution >= 0.6 is 23.5 Å². The van der Waals surface area contributed by atoms with E-state index in [0.717, 1.165) is 16.7 Å². The summed E-state index contributed by atoms with van der Waals surface area (Å²) in [5.74, 6) is -0.0831. The number of amides is 1. The second-order valence-corrected chi connectivity index (χ2v) is 7.15. The molecule has 0 fully saturated rings. The third-order valence-corrected chi connectivity index (χ3v) is 5.31. The summed E-state index contributed by atoms with van der Waals surface area (Å²) in [6, 6.07) is 0. The summed E-state index contributed by atoms with van der Waals surface area (Å²) in [4.78, 5) is 40.3. The molecule has 1 N–H and O–H groups in total. The molecule has 0 atom stereocenters. The molecule has 2 rings (SSSR count). The Morgan fingerprint density at radius 3 is 2.71 bits per heavy atom. The van der Waals surface area contributed by atoms with Crippen molar-refractivity contribution in [3.8, 4) is 0 Å². The number of anilines is 1. The third kappa shape index (κ3) is 4.41. The molecule has 0 unspecified atom stereocenters. The van der Waals surface area contributed by atoms with E-state index in [0.29, 0.717) is 0 Å². The number of esters is 1. The van der Waals surface area contributed by atoms with Gasteiger partial charge in [0.25, 0.3) is 0 Å². The molecule has 0 bridgehead atoms. The minimum absolute atomic E-state index is 0.0345. The number of hydrogen-bond donors (Lipinski definition) is 1. The first-order valence-electron chi connectivity index (χ1n) is 7.35. The fraction of sp³-hybridized carbons (Fsp3) is 0.467. The second-order valence-electron chi connectivity index (χ2n) is 4.85. The summed E-state index contributed by atoms with van der Waals surface area (Å²) in [7, 11) is 0. The molecule has 0 aliphatic carbocycles. The highest BCUT2D eigenvalue weighted by Crippen LogP contribution is 2.29. The quantitative estimate of drug-likeness (QED) is 0.607. The number of aliphatic imine (C=N–C) groups is 1. The van der Waals surface area contributed by atoms with Gasteiger partial charge in [0.15, 0.2) is 5.78 Å². The molecule has 0 saturated heterocycles. The van der Waals surface area contributed by atoms with Crippen LogP contribution in [0.1, 0.15) is 40.3 Å². The SMILES string of the molecule is CCOC(=O)c1c(NC(=O)CSC2=NCCS2)oc(C)c1C(C)=O. The van der Waals surface area contributed by atoms with Gasteiger partial charge in [-0.15, -0.1) is 0 Å². The van der Waals surface area contributed by atoms with Gasteiger partial charge in [-0.2, -0.15) is 0 Å². The van der Waals surface area contributed by atoms with Gasteiger partial charge < -0.3 is 9.15 Å². The number of thioether (sulfide) groups is 2. The minimum atomic E-state index is -0.696. The van der Waals surface area contributed by atoms with Crippen LogP contribution in [-0.4, -0.2) is 46.7 Å². The van der Waals surface area contributed by atoms with E-state index < -0.39 is 5.97 Å². The van der Waals surface area contributed by atoms with Gasteiger partial charge in [-0.25, -0.2) is 4.79 Å². The Hall–Kier alpha value is -1.74. The van der Waals surface area contributed by atoms with Gasteiger partial charge >= 0.3 is 5.97 Å². The van der Waals surface area contributed by atoms with E-state index in [1.54, 1.807) is 25.6 Å². The van der Waals surface area contributed by atoms with E-state index in [-0.39, 0.29) is 46.8 Å². The third-order valence-electron chi connectivity index (χ3n) is 3.05. The molecular formula is C15H18N2O5S2. The topological polar surface area (TPSA) is 98.0 Å². The average Bonchev–Trinajstić information content (AvgIpc) is 3.12. The second kappa shape index (κ2) is 8.39. The zero-order valence-electron chi connectivity index (χ0n) is 13.6. The number of rotatable bonds is 6. The summed E-state index contributed by atoms with van der Waals surface area (Å²) in [6.45, 7) is 5.47. The number of furan rings is 1. The van der Waals surface area contributed by atoms with E-state index in [1.165, 1.54) is 18.7 Å². The number of carbonyl (C=O) groups is 3.